The third-order valence-electron chi connectivity index (χ3n) is 5.16. The van der Waals surface area contributed by atoms with Crippen molar-refractivity contribution in [1.82, 2.24) is 4.90 Å². The lowest BCUT2D eigenvalue weighted by atomic mass is 10.1. The van der Waals surface area contributed by atoms with Crippen LogP contribution in [0.5, 0.6) is 0 Å². The minimum absolute atomic E-state index is 0.0302. The SMILES string of the molecule is CC(=O)Nc1ccc(NS(C)(=O)=O)c(C(=O)Nc2ccc(C(=O)N3CCCCCC3)cc2)c1. The van der Waals surface area contributed by atoms with Crippen LogP contribution in [0.15, 0.2) is 42.5 Å². The molecule has 1 saturated heterocycles. The van der Waals surface area contributed by atoms with Crippen LogP contribution in [0.25, 0.3) is 0 Å². The number of hydrogen-bond acceptors (Lipinski definition) is 5. The van der Waals surface area contributed by atoms with Crippen LogP contribution in [0.4, 0.5) is 17.1 Å². The molecule has 1 fully saturated rings. The van der Waals surface area contributed by atoms with E-state index in [-0.39, 0.29) is 23.1 Å². The van der Waals surface area contributed by atoms with Crippen LogP contribution in [-0.4, -0.2) is 50.4 Å². The predicted octanol–water partition coefficient (Wildman–Crippen LogP) is 3.29. The van der Waals surface area contributed by atoms with E-state index in [1.54, 1.807) is 24.3 Å². The summed E-state index contributed by atoms with van der Waals surface area (Å²) in [6.45, 7) is 2.83. The molecule has 0 aliphatic carbocycles. The van der Waals surface area contributed by atoms with Crippen LogP contribution in [0.1, 0.15) is 53.3 Å². The van der Waals surface area contributed by atoms with E-state index < -0.39 is 15.9 Å². The Hall–Kier alpha value is -3.40. The number of likely N-dealkylation sites (tertiary alicyclic amines) is 1. The largest absolute Gasteiger partial charge is 0.339 e. The summed E-state index contributed by atoms with van der Waals surface area (Å²) >= 11 is 0. The zero-order valence-corrected chi connectivity index (χ0v) is 19.5. The maximum atomic E-state index is 12.9. The summed E-state index contributed by atoms with van der Waals surface area (Å²) in [5.74, 6) is -0.924. The van der Waals surface area contributed by atoms with Crippen LogP contribution in [0.3, 0.4) is 0 Å². The van der Waals surface area contributed by atoms with Gasteiger partial charge in [0.15, 0.2) is 0 Å². The molecule has 0 unspecified atom stereocenters. The Kier molecular flexibility index (Phi) is 7.70. The maximum absolute atomic E-state index is 12.9. The number of carbonyl (C=O) groups is 3. The van der Waals surface area contributed by atoms with Crippen molar-refractivity contribution in [3.05, 3.63) is 53.6 Å². The molecule has 9 nitrogen and oxygen atoms in total. The van der Waals surface area contributed by atoms with E-state index >= 15 is 0 Å². The van der Waals surface area contributed by atoms with Gasteiger partial charge in [-0.1, -0.05) is 12.8 Å². The van der Waals surface area contributed by atoms with Gasteiger partial charge in [-0.05, 0) is 55.3 Å². The van der Waals surface area contributed by atoms with Crippen molar-refractivity contribution < 1.29 is 22.8 Å². The molecule has 0 spiro atoms. The standard InChI is InChI=1S/C23H28N4O5S/c1-16(28)24-19-11-12-21(26-33(2,31)32)20(15-19)22(29)25-18-9-7-17(8-10-18)23(30)27-13-5-3-4-6-14-27/h7-12,15,26H,3-6,13-14H2,1-2H3,(H,24,28)(H,25,29). The summed E-state index contributed by atoms with van der Waals surface area (Å²) in [5, 5.41) is 5.28. The summed E-state index contributed by atoms with van der Waals surface area (Å²) in [6, 6.07) is 10.9. The summed E-state index contributed by atoms with van der Waals surface area (Å²) in [4.78, 5) is 38.9. The van der Waals surface area contributed by atoms with Gasteiger partial charge in [-0.15, -0.1) is 0 Å². The Morgan fingerprint density at radius 3 is 2.03 bits per heavy atom. The zero-order chi connectivity index (χ0) is 24.0. The number of hydrogen-bond donors (Lipinski definition) is 3. The molecule has 1 aliphatic rings. The zero-order valence-electron chi connectivity index (χ0n) is 18.7. The van der Waals surface area contributed by atoms with Gasteiger partial charge in [0.05, 0.1) is 17.5 Å². The third kappa shape index (κ3) is 7.04. The molecule has 1 heterocycles. The van der Waals surface area contributed by atoms with Crippen molar-refractivity contribution in [2.24, 2.45) is 0 Å². The second-order valence-electron chi connectivity index (χ2n) is 8.05. The van der Waals surface area contributed by atoms with Crippen LogP contribution in [-0.2, 0) is 14.8 Å². The minimum atomic E-state index is -3.63. The normalized spacial score (nSPS) is 14.2. The summed E-state index contributed by atoms with van der Waals surface area (Å²) < 4.78 is 25.7. The first kappa shape index (κ1) is 24.2. The lowest BCUT2D eigenvalue weighted by molar-refractivity contribution is -0.114. The summed E-state index contributed by atoms with van der Waals surface area (Å²) in [7, 11) is -3.63. The second kappa shape index (κ2) is 10.5. The molecule has 0 bridgehead atoms. The fourth-order valence-electron chi connectivity index (χ4n) is 3.65. The molecule has 10 heteroatoms. The Morgan fingerprint density at radius 2 is 1.45 bits per heavy atom. The predicted molar refractivity (Wildman–Crippen MR) is 128 cm³/mol. The van der Waals surface area contributed by atoms with Crippen molar-refractivity contribution in [3.8, 4) is 0 Å². The highest BCUT2D eigenvalue weighted by atomic mass is 32.2. The molecular weight excluding hydrogens is 444 g/mol. The quantitative estimate of drug-likeness (QED) is 0.595. The number of nitrogens with one attached hydrogen (secondary N) is 3. The van der Waals surface area contributed by atoms with Gasteiger partial charge in [-0.25, -0.2) is 8.42 Å². The number of sulfonamides is 1. The van der Waals surface area contributed by atoms with Crippen molar-refractivity contribution in [2.75, 3.05) is 34.7 Å². The molecule has 0 saturated carbocycles. The Balaban J connectivity index is 1.78. The number of carbonyl (C=O) groups excluding carboxylic acids is 3. The van der Waals surface area contributed by atoms with Gasteiger partial charge in [0.25, 0.3) is 11.8 Å². The third-order valence-corrected chi connectivity index (χ3v) is 5.75. The van der Waals surface area contributed by atoms with Crippen molar-refractivity contribution in [1.29, 1.82) is 0 Å². The smallest absolute Gasteiger partial charge is 0.257 e. The highest BCUT2D eigenvalue weighted by Crippen LogP contribution is 2.24. The van der Waals surface area contributed by atoms with Crippen molar-refractivity contribution in [3.63, 3.8) is 0 Å². The van der Waals surface area contributed by atoms with Gasteiger partial charge in [0, 0.05) is 37.0 Å². The van der Waals surface area contributed by atoms with Gasteiger partial charge in [-0.2, -0.15) is 0 Å². The first-order valence-corrected chi connectivity index (χ1v) is 12.6. The molecule has 3 N–H and O–H groups in total. The lowest BCUT2D eigenvalue weighted by Crippen LogP contribution is -2.31. The van der Waals surface area contributed by atoms with E-state index in [1.807, 2.05) is 4.90 Å². The number of anilines is 3. The molecule has 1 aliphatic heterocycles. The fraction of sp³-hybridized carbons (Fsp3) is 0.348. The van der Waals surface area contributed by atoms with Crippen molar-refractivity contribution >= 4 is 44.8 Å². The molecular formula is C23H28N4O5S. The second-order valence-corrected chi connectivity index (χ2v) is 9.80. The Labute approximate surface area is 193 Å². The van der Waals surface area contributed by atoms with E-state index in [9.17, 15) is 22.8 Å². The first-order valence-electron chi connectivity index (χ1n) is 10.7. The lowest BCUT2D eigenvalue weighted by Gasteiger charge is -2.20. The van der Waals surface area contributed by atoms with E-state index in [2.05, 4.69) is 15.4 Å². The number of benzene rings is 2. The van der Waals surface area contributed by atoms with Gasteiger partial charge < -0.3 is 15.5 Å². The molecule has 0 aromatic heterocycles. The van der Waals surface area contributed by atoms with E-state index in [0.29, 0.717) is 16.9 Å². The highest BCUT2D eigenvalue weighted by molar-refractivity contribution is 7.92. The Morgan fingerprint density at radius 1 is 0.848 bits per heavy atom. The number of amides is 3. The first-order chi connectivity index (χ1) is 15.6. The van der Waals surface area contributed by atoms with Crippen LogP contribution in [0.2, 0.25) is 0 Å². The van der Waals surface area contributed by atoms with Gasteiger partial charge in [-0.3, -0.25) is 19.1 Å². The average Bonchev–Trinajstić information content (AvgIpc) is 3.03. The Bertz CT molecular complexity index is 1140. The molecule has 176 valence electrons. The fourth-order valence-corrected chi connectivity index (χ4v) is 4.23. The molecule has 3 rings (SSSR count). The van der Waals surface area contributed by atoms with E-state index in [1.165, 1.54) is 25.1 Å². The van der Waals surface area contributed by atoms with Gasteiger partial charge in [0.2, 0.25) is 15.9 Å². The molecule has 3 amide bonds. The van der Waals surface area contributed by atoms with Crippen LogP contribution < -0.4 is 15.4 Å². The van der Waals surface area contributed by atoms with Crippen LogP contribution >= 0.6 is 0 Å². The van der Waals surface area contributed by atoms with E-state index in [4.69, 9.17) is 0 Å². The average molecular weight is 473 g/mol. The highest BCUT2D eigenvalue weighted by Gasteiger charge is 2.19. The topological polar surface area (TPSA) is 125 Å². The van der Waals surface area contributed by atoms with E-state index in [0.717, 1.165) is 45.0 Å². The summed E-state index contributed by atoms with van der Waals surface area (Å²) in [5.41, 5.74) is 1.46. The molecule has 0 atom stereocenters. The number of rotatable bonds is 6. The molecule has 0 radical (unpaired) electrons. The van der Waals surface area contributed by atoms with Crippen molar-refractivity contribution in [2.45, 2.75) is 32.6 Å². The molecule has 2 aromatic rings. The number of nitrogens with zero attached hydrogens (tertiary/aromatic N) is 1. The summed E-state index contributed by atoms with van der Waals surface area (Å²) in [6.07, 6.45) is 5.25. The van der Waals surface area contributed by atoms with Crippen LogP contribution in [0, 0.1) is 0 Å². The maximum Gasteiger partial charge on any atom is 0.257 e. The molecule has 33 heavy (non-hydrogen) atoms. The molecule has 2 aromatic carbocycles. The van der Waals surface area contributed by atoms with Gasteiger partial charge in [0.1, 0.15) is 0 Å². The minimum Gasteiger partial charge on any atom is -0.339 e. The monoisotopic (exact) mass is 472 g/mol. The van der Waals surface area contributed by atoms with Gasteiger partial charge >= 0.3 is 0 Å².